The van der Waals surface area contributed by atoms with Crippen LogP contribution in [0.1, 0.15) is 26.5 Å². The van der Waals surface area contributed by atoms with Gasteiger partial charge in [0, 0.05) is 19.3 Å². The maximum atomic E-state index is 5.51. The number of rotatable bonds is 6. The van der Waals surface area contributed by atoms with Gasteiger partial charge >= 0.3 is 0 Å². The van der Waals surface area contributed by atoms with Gasteiger partial charge in [-0.25, -0.2) is 4.98 Å². The van der Waals surface area contributed by atoms with Crippen LogP contribution in [0.2, 0.25) is 0 Å². The van der Waals surface area contributed by atoms with E-state index in [1.165, 1.54) is 0 Å². The first kappa shape index (κ1) is 12.0. The summed E-state index contributed by atoms with van der Waals surface area (Å²) in [4.78, 5) is 4.41. The lowest BCUT2D eigenvalue weighted by Gasteiger charge is -2.14. The van der Waals surface area contributed by atoms with E-state index < -0.39 is 0 Å². The van der Waals surface area contributed by atoms with E-state index in [4.69, 9.17) is 4.74 Å². The number of nitrogens with one attached hydrogen (secondary N) is 1. The lowest BCUT2D eigenvalue weighted by Crippen LogP contribution is -2.18. The smallest absolute Gasteiger partial charge is 0.203 e. The summed E-state index contributed by atoms with van der Waals surface area (Å²) in [5, 5.41) is 3.24. The first-order chi connectivity index (χ1) is 7.17. The van der Waals surface area contributed by atoms with Gasteiger partial charge < -0.3 is 14.6 Å². The SMILES string of the molecule is CCNc1nc(C)cn1CC(C)OCC. The Labute approximate surface area is 91.7 Å². The molecule has 1 aromatic heterocycles. The summed E-state index contributed by atoms with van der Waals surface area (Å²) in [6.45, 7) is 10.7. The van der Waals surface area contributed by atoms with Gasteiger partial charge in [-0.15, -0.1) is 0 Å². The van der Waals surface area contributed by atoms with Crippen molar-refractivity contribution in [1.29, 1.82) is 0 Å². The molecule has 0 saturated carbocycles. The minimum absolute atomic E-state index is 0.223. The average molecular weight is 211 g/mol. The first-order valence-corrected chi connectivity index (χ1v) is 5.56. The Kier molecular flexibility index (Phi) is 4.62. The number of hydrogen-bond acceptors (Lipinski definition) is 3. The van der Waals surface area contributed by atoms with Gasteiger partial charge in [0.2, 0.25) is 5.95 Å². The highest BCUT2D eigenvalue weighted by atomic mass is 16.5. The molecular weight excluding hydrogens is 190 g/mol. The summed E-state index contributed by atoms with van der Waals surface area (Å²) in [6, 6.07) is 0. The third-order valence-electron chi connectivity index (χ3n) is 2.14. The predicted molar refractivity (Wildman–Crippen MR) is 62.2 cm³/mol. The second kappa shape index (κ2) is 5.75. The summed E-state index contributed by atoms with van der Waals surface area (Å²) in [7, 11) is 0. The van der Waals surface area contributed by atoms with E-state index in [1.807, 2.05) is 20.0 Å². The number of imidazole rings is 1. The fourth-order valence-corrected chi connectivity index (χ4v) is 1.60. The van der Waals surface area contributed by atoms with Crippen molar-refractivity contribution >= 4 is 5.95 Å². The first-order valence-electron chi connectivity index (χ1n) is 5.56. The highest BCUT2D eigenvalue weighted by Gasteiger charge is 2.08. The largest absolute Gasteiger partial charge is 0.377 e. The van der Waals surface area contributed by atoms with Crippen LogP contribution >= 0.6 is 0 Å². The minimum Gasteiger partial charge on any atom is -0.377 e. The standard InChI is InChI=1S/C11H21N3O/c1-5-12-11-13-9(3)7-14(11)8-10(4)15-6-2/h7,10H,5-6,8H2,1-4H3,(H,12,13). The third-order valence-corrected chi connectivity index (χ3v) is 2.14. The van der Waals surface area contributed by atoms with Crippen molar-refractivity contribution in [2.45, 2.75) is 40.3 Å². The zero-order valence-corrected chi connectivity index (χ0v) is 10.1. The molecule has 86 valence electrons. The van der Waals surface area contributed by atoms with Gasteiger partial charge in [0.05, 0.1) is 18.3 Å². The van der Waals surface area contributed by atoms with Crippen molar-refractivity contribution in [2.24, 2.45) is 0 Å². The molecular formula is C11H21N3O. The molecule has 0 aliphatic carbocycles. The van der Waals surface area contributed by atoms with Crippen molar-refractivity contribution in [1.82, 2.24) is 9.55 Å². The van der Waals surface area contributed by atoms with Crippen LogP contribution in [0.3, 0.4) is 0 Å². The average Bonchev–Trinajstić information content (AvgIpc) is 2.47. The molecule has 0 aromatic carbocycles. The van der Waals surface area contributed by atoms with Gasteiger partial charge in [0.25, 0.3) is 0 Å². The maximum Gasteiger partial charge on any atom is 0.203 e. The number of aromatic nitrogens is 2. The highest BCUT2D eigenvalue weighted by Crippen LogP contribution is 2.10. The number of hydrogen-bond donors (Lipinski definition) is 1. The van der Waals surface area contributed by atoms with Gasteiger partial charge in [0.15, 0.2) is 0 Å². The highest BCUT2D eigenvalue weighted by molar-refractivity contribution is 5.28. The molecule has 0 bridgehead atoms. The van der Waals surface area contributed by atoms with Gasteiger partial charge in [-0.3, -0.25) is 0 Å². The van der Waals surface area contributed by atoms with E-state index >= 15 is 0 Å². The van der Waals surface area contributed by atoms with E-state index in [-0.39, 0.29) is 6.10 Å². The van der Waals surface area contributed by atoms with Crippen LogP contribution in [0.4, 0.5) is 5.95 Å². The molecule has 0 saturated heterocycles. The third kappa shape index (κ3) is 3.55. The molecule has 0 amide bonds. The van der Waals surface area contributed by atoms with Gasteiger partial charge in [-0.05, 0) is 27.7 Å². The molecule has 15 heavy (non-hydrogen) atoms. The van der Waals surface area contributed by atoms with Crippen molar-refractivity contribution < 1.29 is 4.74 Å². The normalized spacial score (nSPS) is 12.8. The number of aryl methyl sites for hydroxylation is 1. The van der Waals surface area contributed by atoms with E-state index in [2.05, 4.69) is 28.7 Å². The van der Waals surface area contributed by atoms with Crippen molar-refractivity contribution in [3.63, 3.8) is 0 Å². The summed E-state index contributed by atoms with van der Waals surface area (Å²) < 4.78 is 7.62. The second-order valence-corrected chi connectivity index (χ2v) is 3.65. The lowest BCUT2D eigenvalue weighted by atomic mass is 10.4. The topological polar surface area (TPSA) is 39.1 Å². The van der Waals surface area contributed by atoms with Crippen LogP contribution in [0.15, 0.2) is 6.20 Å². The quantitative estimate of drug-likeness (QED) is 0.782. The molecule has 0 aliphatic heterocycles. The monoisotopic (exact) mass is 211 g/mol. The Morgan fingerprint density at radius 1 is 1.53 bits per heavy atom. The zero-order chi connectivity index (χ0) is 11.3. The molecule has 0 aliphatic rings. The van der Waals surface area contributed by atoms with E-state index in [0.717, 1.165) is 31.3 Å². The Morgan fingerprint density at radius 3 is 2.87 bits per heavy atom. The Balaban J connectivity index is 2.65. The Bertz CT molecular complexity index is 296. The molecule has 0 spiro atoms. The Hall–Kier alpha value is -1.03. The predicted octanol–water partition coefficient (Wildman–Crippen LogP) is 2.05. The summed E-state index contributed by atoms with van der Waals surface area (Å²) in [5.41, 5.74) is 1.04. The van der Waals surface area contributed by atoms with Crippen molar-refractivity contribution in [3.05, 3.63) is 11.9 Å². The molecule has 1 unspecified atom stereocenters. The molecule has 1 rings (SSSR count). The van der Waals surface area contributed by atoms with E-state index in [0.29, 0.717) is 0 Å². The molecule has 1 heterocycles. The lowest BCUT2D eigenvalue weighted by molar-refractivity contribution is 0.0644. The summed E-state index contributed by atoms with van der Waals surface area (Å²) >= 11 is 0. The summed E-state index contributed by atoms with van der Waals surface area (Å²) in [6.07, 6.45) is 2.27. The molecule has 0 radical (unpaired) electrons. The maximum absolute atomic E-state index is 5.51. The zero-order valence-electron chi connectivity index (χ0n) is 10.1. The van der Waals surface area contributed by atoms with Crippen LogP contribution in [-0.4, -0.2) is 28.8 Å². The molecule has 1 aromatic rings. The van der Waals surface area contributed by atoms with Crippen LogP contribution in [-0.2, 0) is 11.3 Å². The van der Waals surface area contributed by atoms with Crippen molar-refractivity contribution in [3.8, 4) is 0 Å². The van der Waals surface area contributed by atoms with Crippen molar-refractivity contribution in [2.75, 3.05) is 18.5 Å². The van der Waals surface area contributed by atoms with Crippen LogP contribution in [0, 0.1) is 6.92 Å². The molecule has 1 N–H and O–H groups in total. The number of anilines is 1. The van der Waals surface area contributed by atoms with E-state index in [9.17, 15) is 0 Å². The second-order valence-electron chi connectivity index (χ2n) is 3.65. The van der Waals surface area contributed by atoms with Crippen LogP contribution in [0.5, 0.6) is 0 Å². The molecule has 1 atom stereocenters. The molecule has 4 nitrogen and oxygen atoms in total. The van der Waals surface area contributed by atoms with E-state index in [1.54, 1.807) is 0 Å². The minimum atomic E-state index is 0.223. The number of nitrogens with zero attached hydrogens (tertiary/aromatic N) is 2. The molecule has 4 heteroatoms. The number of ether oxygens (including phenoxy) is 1. The van der Waals surface area contributed by atoms with Crippen LogP contribution < -0.4 is 5.32 Å². The van der Waals surface area contributed by atoms with Gasteiger partial charge in [0.1, 0.15) is 0 Å². The Morgan fingerprint density at radius 2 is 2.27 bits per heavy atom. The van der Waals surface area contributed by atoms with Crippen LogP contribution in [0.25, 0.3) is 0 Å². The van der Waals surface area contributed by atoms with Gasteiger partial charge in [-0.2, -0.15) is 0 Å². The molecule has 0 fully saturated rings. The summed E-state index contributed by atoms with van der Waals surface area (Å²) in [5.74, 6) is 0.932. The fraction of sp³-hybridized carbons (Fsp3) is 0.727. The van der Waals surface area contributed by atoms with Gasteiger partial charge in [-0.1, -0.05) is 0 Å². The fourth-order valence-electron chi connectivity index (χ4n) is 1.60.